The van der Waals surface area contributed by atoms with E-state index in [0.29, 0.717) is 0 Å². The third kappa shape index (κ3) is 1.73. The zero-order valence-corrected chi connectivity index (χ0v) is 5.77. The Hall–Kier alpha value is -0.470. The number of thiol groups is 1. The van der Waals surface area contributed by atoms with Crippen molar-refractivity contribution in [3.8, 4) is 0 Å². The molecular formula is C7H7OS. The Balaban J connectivity index is 2.94. The molecule has 9 heavy (non-hydrogen) atoms. The molecule has 0 aromatic heterocycles. The second-order valence-corrected chi connectivity index (χ2v) is 2.33. The maximum absolute atomic E-state index is 10.2. The van der Waals surface area contributed by atoms with Crippen LogP contribution in [-0.4, -0.2) is 0 Å². The lowest BCUT2D eigenvalue weighted by Crippen LogP contribution is -1.78. The van der Waals surface area contributed by atoms with Gasteiger partial charge in [-0.2, -0.15) is 0 Å². The highest BCUT2D eigenvalue weighted by atomic mass is 32.1. The van der Waals surface area contributed by atoms with Crippen molar-refractivity contribution in [2.75, 3.05) is 0 Å². The van der Waals surface area contributed by atoms with Crippen LogP contribution in [0.2, 0.25) is 0 Å². The first-order valence-corrected chi connectivity index (χ1v) is 3.13. The van der Waals surface area contributed by atoms with Gasteiger partial charge in [0.15, 0.2) is 0 Å². The molecule has 0 saturated carbocycles. The Morgan fingerprint density at radius 2 is 2.22 bits per heavy atom. The number of hydrogen-bond donors (Lipinski definition) is 1. The maximum Gasteiger partial charge on any atom is 0.107 e. The van der Waals surface area contributed by atoms with E-state index in [9.17, 15) is 5.11 Å². The van der Waals surface area contributed by atoms with Gasteiger partial charge < -0.3 is 0 Å². The van der Waals surface area contributed by atoms with Gasteiger partial charge in [0.05, 0.1) is 0 Å². The van der Waals surface area contributed by atoms with Crippen LogP contribution in [0.5, 0.6) is 0 Å². The summed E-state index contributed by atoms with van der Waals surface area (Å²) in [7, 11) is 0. The van der Waals surface area contributed by atoms with Crippen molar-refractivity contribution in [2.24, 2.45) is 0 Å². The van der Waals surface area contributed by atoms with Crippen LogP contribution >= 0.6 is 12.6 Å². The molecule has 0 saturated heterocycles. The lowest BCUT2D eigenvalue weighted by atomic mass is 10.2. The Morgan fingerprint density at radius 1 is 1.44 bits per heavy atom. The lowest BCUT2D eigenvalue weighted by Gasteiger charge is -1.92. The highest BCUT2D eigenvalue weighted by molar-refractivity contribution is 7.80. The maximum atomic E-state index is 10.2. The van der Waals surface area contributed by atoms with Gasteiger partial charge in [0.2, 0.25) is 0 Å². The predicted octanol–water partition coefficient (Wildman–Crippen LogP) is 1.91. The summed E-state index contributed by atoms with van der Waals surface area (Å²) in [6.45, 7) is -0.158. The van der Waals surface area contributed by atoms with Crippen LogP contribution in [0.3, 0.4) is 0 Å². The standard InChI is InChI=1S/C7H7OS/c8-5-6-2-1-3-7(9)4-6/h1-4,9H,5H2. The van der Waals surface area contributed by atoms with Crippen molar-refractivity contribution >= 4 is 12.6 Å². The SMILES string of the molecule is [O]Cc1cccc(S)c1. The number of benzene rings is 1. The van der Waals surface area contributed by atoms with Gasteiger partial charge in [-0.25, -0.2) is 5.11 Å². The summed E-state index contributed by atoms with van der Waals surface area (Å²) >= 11 is 4.07. The molecule has 0 bridgehead atoms. The third-order valence-corrected chi connectivity index (χ3v) is 1.36. The summed E-state index contributed by atoms with van der Waals surface area (Å²) < 4.78 is 0. The van der Waals surface area contributed by atoms with E-state index in [1.807, 2.05) is 12.1 Å². The Bertz CT molecular complexity index is 198. The third-order valence-electron chi connectivity index (χ3n) is 1.08. The molecule has 0 amide bonds. The monoisotopic (exact) mass is 139 g/mol. The molecule has 0 spiro atoms. The quantitative estimate of drug-likeness (QED) is 0.573. The van der Waals surface area contributed by atoms with Crippen molar-refractivity contribution in [1.82, 2.24) is 0 Å². The molecule has 0 aliphatic heterocycles. The average Bonchev–Trinajstić information content (AvgIpc) is 1.88. The molecule has 0 aliphatic rings. The van der Waals surface area contributed by atoms with E-state index < -0.39 is 0 Å². The Kier molecular flexibility index (Phi) is 2.14. The average molecular weight is 139 g/mol. The zero-order valence-electron chi connectivity index (χ0n) is 4.87. The fraction of sp³-hybridized carbons (Fsp3) is 0.143. The van der Waals surface area contributed by atoms with Crippen LogP contribution in [0, 0.1) is 0 Å². The summed E-state index contributed by atoms with van der Waals surface area (Å²) in [4.78, 5) is 0.850. The molecule has 0 fully saturated rings. The van der Waals surface area contributed by atoms with Crippen LogP contribution in [0.15, 0.2) is 29.2 Å². The largest absolute Gasteiger partial charge is 0.232 e. The van der Waals surface area contributed by atoms with Crippen molar-refractivity contribution in [3.63, 3.8) is 0 Å². The van der Waals surface area contributed by atoms with E-state index in [2.05, 4.69) is 12.6 Å². The second-order valence-electron chi connectivity index (χ2n) is 1.81. The van der Waals surface area contributed by atoms with Crippen LogP contribution in [-0.2, 0) is 11.7 Å². The smallest absolute Gasteiger partial charge is 0.107 e. The van der Waals surface area contributed by atoms with Gasteiger partial charge in [-0.15, -0.1) is 12.6 Å². The van der Waals surface area contributed by atoms with Crippen molar-refractivity contribution < 1.29 is 5.11 Å². The normalized spacial score (nSPS) is 9.56. The number of hydrogen-bond acceptors (Lipinski definition) is 1. The Morgan fingerprint density at radius 3 is 2.67 bits per heavy atom. The van der Waals surface area contributed by atoms with Crippen LogP contribution in [0.4, 0.5) is 0 Å². The molecule has 1 nitrogen and oxygen atoms in total. The summed E-state index contributed by atoms with van der Waals surface area (Å²) in [5, 5.41) is 10.2. The zero-order chi connectivity index (χ0) is 6.69. The van der Waals surface area contributed by atoms with E-state index >= 15 is 0 Å². The van der Waals surface area contributed by atoms with Gasteiger partial charge in [-0.3, -0.25) is 0 Å². The lowest BCUT2D eigenvalue weighted by molar-refractivity contribution is 0.177. The van der Waals surface area contributed by atoms with Gasteiger partial charge in [-0.05, 0) is 17.7 Å². The van der Waals surface area contributed by atoms with Crippen LogP contribution in [0.1, 0.15) is 5.56 Å². The summed E-state index contributed by atoms with van der Waals surface area (Å²) in [6.07, 6.45) is 0. The second kappa shape index (κ2) is 2.90. The van der Waals surface area contributed by atoms with Crippen LogP contribution in [0.25, 0.3) is 0 Å². The first kappa shape index (κ1) is 6.65. The minimum Gasteiger partial charge on any atom is -0.232 e. The predicted molar refractivity (Wildman–Crippen MR) is 38.1 cm³/mol. The molecule has 1 aromatic rings. The van der Waals surface area contributed by atoms with Gasteiger partial charge in [0.25, 0.3) is 0 Å². The minimum atomic E-state index is -0.158. The molecule has 0 aliphatic carbocycles. The minimum absolute atomic E-state index is 0.158. The molecule has 0 N–H and O–H groups in total. The number of rotatable bonds is 1. The van der Waals surface area contributed by atoms with Gasteiger partial charge in [0.1, 0.15) is 6.61 Å². The van der Waals surface area contributed by atoms with E-state index in [0.717, 1.165) is 10.5 Å². The van der Waals surface area contributed by atoms with Crippen molar-refractivity contribution in [2.45, 2.75) is 11.5 Å². The molecule has 2 heteroatoms. The van der Waals surface area contributed by atoms with Gasteiger partial charge in [-0.1, -0.05) is 12.1 Å². The topological polar surface area (TPSA) is 19.9 Å². The molecule has 0 unspecified atom stereocenters. The molecule has 47 valence electrons. The Labute approximate surface area is 59.7 Å². The fourth-order valence-corrected chi connectivity index (χ4v) is 0.898. The highest BCUT2D eigenvalue weighted by Crippen LogP contribution is 2.07. The molecule has 0 atom stereocenters. The van der Waals surface area contributed by atoms with Crippen LogP contribution < -0.4 is 0 Å². The van der Waals surface area contributed by atoms with E-state index in [4.69, 9.17) is 0 Å². The molecule has 1 aromatic carbocycles. The van der Waals surface area contributed by atoms with E-state index in [-0.39, 0.29) is 6.61 Å². The van der Waals surface area contributed by atoms with Gasteiger partial charge >= 0.3 is 0 Å². The highest BCUT2D eigenvalue weighted by Gasteiger charge is 1.88. The first-order valence-electron chi connectivity index (χ1n) is 2.69. The molecule has 0 heterocycles. The van der Waals surface area contributed by atoms with Crippen molar-refractivity contribution in [1.29, 1.82) is 0 Å². The fourth-order valence-electron chi connectivity index (χ4n) is 0.646. The summed E-state index contributed by atoms with van der Waals surface area (Å²) in [6, 6.07) is 7.25. The molecular weight excluding hydrogens is 132 g/mol. The van der Waals surface area contributed by atoms with Crippen molar-refractivity contribution in [3.05, 3.63) is 29.8 Å². The molecule has 1 rings (SSSR count). The van der Waals surface area contributed by atoms with Gasteiger partial charge in [0, 0.05) is 4.90 Å². The van der Waals surface area contributed by atoms with E-state index in [1.165, 1.54) is 0 Å². The first-order chi connectivity index (χ1) is 4.33. The summed E-state index contributed by atoms with van der Waals surface area (Å²) in [5.74, 6) is 0. The molecule has 1 radical (unpaired) electrons. The summed E-state index contributed by atoms with van der Waals surface area (Å²) in [5.41, 5.74) is 0.794. The van der Waals surface area contributed by atoms with E-state index in [1.54, 1.807) is 12.1 Å².